The molecule has 2 aromatic carbocycles. The van der Waals surface area contributed by atoms with Crippen LogP contribution in [-0.2, 0) is 15.7 Å². The van der Waals surface area contributed by atoms with E-state index in [1.165, 1.54) is 6.07 Å². The molecule has 1 heterocycles. The van der Waals surface area contributed by atoms with Crippen LogP contribution in [0.1, 0.15) is 11.1 Å². The van der Waals surface area contributed by atoms with Gasteiger partial charge in [0.2, 0.25) is 0 Å². The van der Waals surface area contributed by atoms with Gasteiger partial charge >= 0.3 is 29.6 Å². The fourth-order valence-electron chi connectivity index (χ4n) is 2.13. The van der Waals surface area contributed by atoms with E-state index < -0.39 is 15.7 Å². The number of aliphatic hydroxyl groups is 1. The maximum Gasteiger partial charge on any atom is 1.00 e. The molecular formula is C13H10NNaO3S. The van der Waals surface area contributed by atoms with Crippen LogP contribution < -0.4 is 29.6 Å². The van der Waals surface area contributed by atoms with Gasteiger partial charge in [0.25, 0.3) is 0 Å². The Balaban J connectivity index is 0.00000133. The van der Waals surface area contributed by atoms with Gasteiger partial charge in [-0.15, -0.1) is 0 Å². The Bertz CT molecular complexity index is 703. The molecule has 0 aliphatic carbocycles. The van der Waals surface area contributed by atoms with Crippen molar-refractivity contribution in [2.24, 2.45) is 0 Å². The van der Waals surface area contributed by atoms with E-state index >= 15 is 0 Å². The monoisotopic (exact) mass is 283 g/mol. The zero-order valence-electron chi connectivity index (χ0n) is 10.3. The van der Waals surface area contributed by atoms with Gasteiger partial charge in [-0.2, -0.15) is 0 Å². The summed E-state index contributed by atoms with van der Waals surface area (Å²) < 4.78 is 27.4. The third kappa shape index (κ3) is 2.27. The van der Waals surface area contributed by atoms with Crippen LogP contribution in [0.25, 0.3) is 4.72 Å². The van der Waals surface area contributed by atoms with Gasteiger partial charge in [0.15, 0.2) is 0 Å². The fraction of sp³-hybridized carbons (Fsp3) is 0.0769. The van der Waals surface area contributed by atoms with Crippen molar-refractivity contribution < 1.29 is 43.1 Å². The molecule has 0 spiro atoms. The second kappa shape index (κ2) is 5.01. The molecule has 3 rings (SSSR count). The van der Waals surface area contributed by atoms with Crippen molar-refractivity contribution in [3.63, 3.8) is 0 Å². The molecule has 1 aliphatic rings. The number of hydrogen-bond donors (Lipinski definition) is 1. The summed E-state index contributed by atoms with van der Waals surface area (Å²) in [6, 6.07) is 14.9. The molecule has 92 valence electrons. The predicted molar refractivity (Wildman–Crippen MR) is 66.4 cm³/mol. The van der Waals surface area contributed by atoms with Gasteiger partial charge in [0.05, 0.1) is 4.90 Å². The first kappa shape index (κ1) is 14.7. The molecule has 0 saturated carbocycles. The second-order valence-electron chi connectivity index (χ2n) is 4.10. The zero-order chi connectivity index (χ0) is 12.8. The Morgan fingerprint density at radius 3 is 2.21 bits per heavy atom. The number of rotatable bonds is 1. The molecule has 0 bridgehead atoms. The van der Waals surface area contributed by atoms with Crippen molar-refractivity contribution in [1.82, 2.24) is 0 Å². The second-order valence-corrected chi connectivity index (χ2v) is 5.67. The van der Waals surface area contributed by atoms with E-state index in [1.54, 1.807) is 48.5 Å². The molecule has 0 fully saturated rings. The Morgan fingerprint density at radius 1 is 0.947 bits per heavy atom. The Kier molecular flexibility index (Phi) is 3.88. The van der Waals surface area contributed by atoms with Crippen molar-refractivity contribution >= 4 is 10.0 Å². The minimum absolute atomic E-state index is 0. The Hall–Kier alpha value is -0.690. The number of sulfonamides is 1. The summed E-state index contributed by atoms with van der Waals surface area (Å²) in [7, 11) is -3.79. The van der Waals surface area contributed by atoms with Crippen LogP contribution in [0.2, 0.25) is 0 Å². The molecule has 1 atom stereocenters. The normalized spacial score (nSPS) is 23.4. The smallest absolute Gasteiger partial charge is 0.508 e. The van der Waals surface area contributed by atoms with E-state index in [0.29, 0.717) is 11.1 Å². The molecule has 2 aromatic rings. The number of hydrogen-bond acceptors (Lipinski definition) is 3. The van der Waals surface area contributed by atoms with Gasteiger partial charge in [0.1, 0.15) is 10.0 Å². The Morgan fingerprint density at radius 2 is 1.53 bits per heavy atom. The molecular weight excluding hydrogens is 273 g/mol. The summed E-state index contributed by atoms with van der Waals surface area (Å²) in [5.74, 6) is 0. The maximum absolute atomic E-state index is 11.9. The molecule has 4 nitrogen and oxygen atoms in total. The van der Waals surface area contributed by atoms with E-state index in [1.807, 2.05) is 0 Å². The largest absolute Gasteiger partial charge is 1.00 e. The van der Waals surface area contributed by atoms with E-state index in [0.717, 1.165) is 0 Å². The van der Waals surface area contributed by atoms with Crippen molar-refractivity contribution in [3.05, 3.63) is 70.4 Å². The SMILES string of the molecule is O=S1(=O)[N-]C(O)(c2ccccc2)c2ccccc21.[Na+]. The number of fused-ring (bicyclic) bond motifs is 1. The molecule has 0 saturated heterocycles. The van der Waals surface area contributed by atoms with Crippen LogP contribution in [0.4, 0.5) is 0 Å². The molecule has 1 unspecified atom stereocenters. The van der Waals surface area contributed by atoms with Crippen LogP contribution in [0.3, 0.4) is 0 Å². The van der Waals surface area contributed by atoms with Gasteiger partial charge in [-0.3, -0.25) is 0 Å². The first-order valence-electron chi connectivity index (χ1n) is 5.41. The van der Waals surface area contributed by atoms with Crippen molar-refractivity contribution in [2.45, 2.75) is 10.6 Å². The molecule has 6 heteroatoms. The summed E-state index contributed by atoms with van der Waals surface area (Å²) in [5, 5.41) is 10.6. The molecule has 1 aliphatic heterocycles. The third-order valence-electron chi connectivity index (χ3n) is 2.97. The van der Waals surface area contributed by atoms with Crippen LogP contribution in [-0.4, -0.2) is 13.5 Å². The standard InChI is InChI=1S/C13H10NO3S.Na/c15-13(10-6-2-1-3-7-10)11-8-4-5-9-12(11)18(16,17)14-13;/h1-9,15H;/q-1;+1. The van der Waals surface area contributed by atoms with Crippen LogP contribution in [0.15, 0.2) is 59.5 Å². The summed E-state index contributed by atoms with van der Waals surface area (Å²) >= 11 is 0. The maximum atomic E-state index is 11.9. The Labute approximate surface area is 133 Å². The van der Waals surface area contributed by atoms with Crippen molar-refractivity contribution in [3.8, 4) is 0 Å². The fourth-order valence-corrected chi connectivity index (χ4v) is 3.52. The molecule has 0 aromatic heterocycles. The van der Waals surface area contributed by atoms with E-state index in [2.05, 4.69) is 4.72 Å². The number of nitrogens with zero attached hydrogens (tertiary/aromatic N) is 1. The number of benzene rings is 2. The molecule has 0 amide bonds. The van der Waals surface area contributed by atoms with E-state index in [9.17, 15) is 13.5 Å². The van der Waals surface area contributed by atoms with E-state index in [4.69, 9.17) is 0 Å². The van der Waals surface area contributed by atoms with Gasteiger partial charge in [-0.25, -0.2) is 8.42 Å². The first-order chi connectivity index (χ1) is 8.54. The summed E-state index contributed by atoms with van der Waals surface area (Å²) in [6.45, 7) is 0. The average Bonchev–Trinajstić information content (AvgIpc) is 2.60. The van der Waals surface area contributed by atoms with Crippen LogP contribution in [0.5, 0.6) is 0 Å². The molecule has 0 radical (unpaired) electrons. The van der Waals surface area contributed by atoms with E-state index in [-0.39, 0.29) is 34.5 Å². The minimum atomic E-state index is -3.79. The summed E-state index contributed by atoms with van der Waals surface area (Å²) in [5.41, 5.74) is -1.06. The quantitative estimate of drug-likeness (QED) is 0.680. The molecule has 1 N–H and O–H groups in total. The first-order valence-corrected chi connectivity index (χ1v) is 6.85. The van der Waals surface area contributed by atoms with Crippen molar-refractivity contribution in [2.75, 3.05) is 0 Å². The molecule has 19 heavy (non-hydrogen) atoms. The summed E-state index contributed by atoms with van der Waals surface area (Å²) in [6.07, 6.45) is 0. The zero-order valence-corrected chi connectivity index (χ0v) is 13.1. The van der Waals surface area contributed by atoms with Gasteiger partial charge in [0, 0.05) is 5.72 Å². The van der Waals surface area contributed by atoms with Gasteiger partial charge in [-0.1, -0.05) is 48.5 Å². The topological polar surface area (TPSA) is 68.5 Å². The van der Waals surface area contributed by atoms with Crippen LogP contribution >= 0.6 is 0 Å². The predicted octanol–water partition coefficient (Wildman–Crippen LogP) is -1.04. The van der Waals surface area contributed by atoms with Gasteiger partial charge < -0.3 is 9.83 Å². The van der Waals surface area contributed by atoms with Crippen LogP contribution in [0, 0.1) is 0 Å². The summed E-state index contributed by atoms with van der Waals surface area (Å²) in [4.78, 5) is 0.0661. The van der Waals surface area contributed by atoms with Crippen molar-refractivity contribution in [1.29, 1.82) is 0 Å². The van der Waals surface area contributed by atoms with Gasteiger partial charge in [-0.05, 0) is 17.2 Å². The average molecular weight is 283 g/mol. The minimum Gasteiger partial charge on any atom is -0.508 e. The third-order valence-corrected chi connectivity index (χ3v) is 4.39.